The topological polar surface area (TPSA) is 29.5 Å². The highest BCUT2D eigenvalue weighted by molar-refractivity contribution is 6.05. The fraction of sp³-hybridized carbons (Fsp3) is 0.462. The van der Waals surface area contributed by atoms with E-state index in [0.29, 0.717) is 18.7 Å². The van der Waals surface area contributed by atoms with Crippen molar-refractivity contribution in [3.05, 3.63) is 23.3 Å². The molecule has 1 aromatic rings. The molecule has 2 unspecified atom stereocenters. The Kier molecular flexibility index (Phi) is 2.33. The lowest BCUT2D eigenvalue weighted by Gasteiger charge is -2.44. The molecule has 3 rings (SSSR count). The monoisotopic (exact) mass is 253 g/mol. The largest absolute Gasteiger partial charge is 0.486 e. The molecule has 2 aliphatic rings. The number of rotatable bonds is 0. The first-order valence-electron chi connectivity index (χ1n) is 5.97. The van der Waals surface area contributed by atoms with Gasteiger partial charge in [0.1, 0.15) is 6.61 Å². The fourth-order valence-corrected chi connectivity index (χ4v) is 2.83. The van der Waals surface area contributed by atoms with Crippen LogP contribution in [0.4, 0.5) is 14.5 Å². The number of ketones is 1. The van der Waals surface area contributed by atoms with Gasteiger partial charge in [0.05, 0.1) is 11.7 Å². The van der Waals surface area contributed by atoms with Crippen LogP contribution in [0.5, 0.6) is 5.75 Å². The average molecular weight is 253 g/mol. The predicted octanol–water partition coefficient (Wildman–Crippen LogP) is 2.53. The van der Waals surface area contributed by atoms with Crippen LogP contribution >= 0.6 is 0 Å². The Labute approximate surface area is 103 Å². The molecule has 2 atom stereocenters. The molecular formula is C13H13F2NO2. The van der Waals surface area contributed by atoms with Gasteiger partial charge in [-0.1, -0.05) is 0 Å². The second-order valence-electron chi connectivity index (χ2n) is 4.94. The third kappa shape index (κ3) is 1.36. The van der Waals surface area contributed by atoms with Gasteiger partial charge in [-0.05, 0) is 19.9 Å². The molecule has 0 spiro atoms. The smallest absolute Gasteiger partial charge is 0.202 e. The van der Waals surface area contributed by atoms with Crippen LogP contribution in [0.15, 0.2) is 6.07 Å². The summed E-state index contributed by atoms with van der Waals surface area (Å²) in [5.41, 5.74) is 0.643. The lowest BCUT2D eigenvalue weighted by molar-refractivity contribution is 0.0959. The van der Waals surface area contributed by atoms with Crippen molar-refractivity contribution in [3.8, 4) is 5.75 Å². The summed E-state index contributed by atoms with van der Waals surface area (Å²) < 4.78 is 32.5. The molecule has 0 aliphatic carbocycles. The summed E-state index contributed by atoms with van der Waals surface area (Å²) in [6, 6.07) is 1.01. The van der Waals surface area contributed by atoms with Crippen LogP contribution < -0.4 is 9.64 Å². The zero-order valence-electron chi connectivity index (χ0n) is 10.2. The van der Waals surface area contributed by atoms with Gasteiger partial charge in [-0.25, -0.2) is 4.39 Å². The number of hydrogen-bond acceptors (Lipinski definition) is 3. The number of nitrogens with zero attached hydrogens (tertiary/aromatic N) is 1. The molecule has 0 saturated carbocycles. The van der Waals surface area contributed by atoms with Crippen LogP contribution in [-0.4, -0.2) is 24.5 Å². The summed E-state index contributed by atoms with van der Waals surface area (Å²) in [4.78, 5) is 13.9. The van der Waals surface area contributed by atoms with Gasteiger partial charge in [0.25, 0.3) is 0 Å². The minimum absolute atomic E-state index is 0.0208. The standard InChI is InChI=1S/C13H13F2NO2/c1-6-3-10(17)8-4-9(14)11(15)13-12(8)16(6)7(2)5-18-13/h4,6-7H,3,5H2,1-2H3. The van der Waals surface area contributed by atoms with Crippen molar-refractivity contribution in [1.82, 2.24) is 0 Å². The number of Topliss-reactive ketones (excluding diaryl/α,β-unsaturated/α-hetero) is 1. The summed E-state index contributed by atoms with van der Waals surface area (Å²) in [7, 11) is 0. The van der Waals surface area contributed by atoms with Gasteiger partial charge in [0.15, 0.2) is 17.3 Å². The Morgan fingerprint density at radius 2 is 2.06 bits per heavy atom. The second-order valence-corrected chi connectivity index (χ2v) is 4.94. The predicted molar refractivity (Wildman–Crippen MR) is 62.2 cm³/mol. The molecule has 0 N–H and O–H groups in total. The molecule has 5 heteroatoms. The molecule has 0 saturated heterocycles. The molecule has 0 aromatic heterocycles. The van der Waals surface area contributed by atoms with E-state index < -0.39 is 11.6 Å². The van der Waals surface area contributed by atoms with E-state index in [1.54, 1.807) is 0 Å². The second kappa shape index (κ2) is 3.67. The van der Waals surface area contributed by atoms with Crippen LogP contribution in [0.25, 0.3) is 0 Å². The molecular weight excluding hydrogens is 240 g/mol. The van der Waals surface area contributed by atoms with E-state index in [4.69, 9.17) is 4.74 Å². The molecule has 1 aromatic carbocycles. The Morgan fingerprint density at radius 1 is 1.33 bits per heavy atom. The van der Waals surface area contributed by atoms with Crippen molar-refractivity contribution in [1.29, 1.82) is 0 Å². The van der Waals surface area contributed by atoms with Gasteiger partial charge in [0.2, 0.25) is 5.82 Å². The van der Waals surface area contributed by atoms with E-state index in [1.165, 1.54) is 0 Å². The van der Waals surface area contributed by atoms with Crippen molar-refractivity contribution >= 4 is 11.5 Å². The summed E-state index contributed by atoms with van der Waals surface area (Å²) in [5.74, 6) is -2.32. The lowest BCUT2D eigenvalue weighted by Crippen LogP contribution is -2.50. The molecule has 0 bridgehead atoms. The van der Waals surface area contributed by atoms with Crippen LogP contribution in [0.2, 0.25) is 0 Å². The van der Waals surface area contributed by atoms with Crippen molar-refractivity contribution < 1.29 is 18.3 Å². The Hall–Kier alpha value is -1.65. The fourth-order valence-electron chi connectivity index (χ4n) is 2.83. The van der Waals surface area contributed by atoms with E-state index >= 15 is 0 Å². The summed E-state index contributed by atoms with van der Waals surface area (Å²) in [5, 5.41) is 0. The molecule has 0 fully saturated rings. The van der Waals surface area contributed by atoms with Gasteiger partial charge in [-0.15, -0.1) is 0 Å². The maximum absolute atomic E-state index is 13.7. The summed E-state index contributed by atoms with van der Waals surface area (Å²) >= 11 is 0. The molecule has 2 aliphatic heterocycles. The van der Waals surface area contributed by atoms with Crippen LogP contribution in [0.1, 0.15) is 30.6 Å². The van der Waals surface area contributed by atoms with Gasteiger partial charge in [-0.3, -0.25) is 4.79 Å². The number of halogens is 2. The Morgan fingerprint density at radius 3 is 2.78 bits per heavy atom. The first-order valence-corrected chi connectivity index (χ1v) is 5.97. The van der Waals surface area contributed by atoms with Crippen molar-refractivity contribution in [2.75, 3.05) is 11.5 Å². The number of carbonyl (C=O) groups excluding carboxylic acids is 1. The van der Waals surface area contributed by atoms with Crippen molar-refractivity contribution in [2.24, 2.45) is 0 Å². The van der Waals surface area contributed by atoms with Crippen LogP contribution in [0, 0.1) is 11.6 Å². The van der Waals surface area contributed by atoms with Gasteiger partial charge < -0.3 is 9.64 Å². The van der Waals surface area contributed by atoms with Gasteiger partial charge >= 0.3 is 0 Å². The zero-order chi connectivity index (χ0) is 13.0. The molecule has 96 valence electrons. The average Bonchev–Trinajstić information content (AvgIpc) is 2.31. The number of anilines is 1. The van der Waals surface area contributed by atoms with Crippen molar-refractivity contribution in [3.63, 3.8) is 0 Å². The van der Waals surface area contributed by atoms with E-state index in [-0.39, 0.29) is 29.2 Å². The Bertz CT molecular complexity index is 544. The molecule has 0 radical (unpaired) electrons. The highest BCUT2D eigenvalue weighted by Crippen LogP contribution is 2.44. The third-order valence-electron chi connectivity index (χ3n) is 3.61. The zero-order valence-corrected chi connectivity index (χ0v) is 10.2. The van der Waals surface area contributed by atoms with E-state index in [2.05, 4.69) is 0 Å². The molecule has 3 nitrogen and oxygen atoms in total. The highest BCUT2D eigenvalue weighted by Gasteiger charge is 2.39. The minimum Gasteiger partial charge on any atom is -0.486 e. The SMILES string of the molecule is CC1COc2c(F)c(F)cc3c2N1C(C)CC3=O. The minimum atomic E-state index is -1.03. The number of ether oxygens (including phenoxy) is 1. The maximum Gasteiger partial charge on any atom is 0.202 e. The number of hydrogen-bond donors (Lipinski definition) is 0. The van der Waals surface area contributed by atoms with Gasteiger partial charge in [0, 0.05) is 18.0 Å². The molecule has 18 heavy (non-hydrogen) atoms. The summed E-state index contributed by atoms with van der Waals surface area (Å²) in [6.45, 7) is 4.15. The van der Waals surface area contributed by atoms with Crippen LogP contribution in [-0.2, 0) is 0 Å². The molecule has 0 amide bonds. The van der Waals surface area contributed by atoms with Crippen molar-refractivity contribution in [2.45, 2.75) is 32.4 Å². The number of carbonyl (C=O) groups is 1. The summed E-state index contributed by atoms with van der Waals surface area (Å²) in [6.07, 6.45) is 0.321. The maximum atomic E-state index is 13.7. The van der Waals surface area contributed by atoms with E-state index in [9.17, 15) is 13.6 Å². The highest BCUT2D eigenvalue weighted by atomic mass is 19.2. The van der Waals surface area contributed by atoms with E-state index in [1.807, 2.05) is 18.7 Å². The molecule has 2 heterocycles. The first-order chi connectivity index (χ1) is 8.50. The Balaban J connectivity index is 2.31. The normalized spacial score (nSPS) is 25.8. The van der Waals surface area contributed by atoms with Crippen LogP contribution in [0.3, 0.4) is 0 Å². The van der Waals surface area contributed by atoms with Gasteiger partial charge in [-0.2, -0.15) is 4.39 Å². The third-order valence-corrected chi connectivity index (χ3v) is 3.61. The first kappa shape index (κ1) is 11.4. The lowest BCUT2D eigenvalue weighted by atomic mass is 9.92. The quantitative estimate of drug-likeness (QED) is 0.711. The number of benzene rings is 1. The van der Waals surface area contributed by atoms with E-state index in [0.717, 1.165) is 6.07 Å².